The maximum Gasteiger partial charge on any atom is 0.357 e. The average Bonchev–Trinajstić information content (AvgIpc) is 3.02. The van der Waals surface area contributed by atoms with Crippen molar-refractivity contribution in [2.75, 3.05) is 6.61 Å². The fourth-order valence-electron chi connectivity index (χ4n) is 3.01. The van der Waals surface area contributed by atoms with E-state index < -0.39 is 5.97 Å². The predicted octanol–water partition coefficient (Wildman–Crippen LogP) is 5.50. The van der Waals surface area contributed by atoms with Gasteiger partial charge in [0.1, 0.15) is 0 Å². The van der Waals surface area contributed by atoms with Gasteiger partial charge in [-0.25, -0.2) is 14.5 Å². The van der Waals surface area contributed by atoms with Crippen molar-refractivity contribution in [3.63, 3.8) is 0 Å². The molecule has 0 unspecified atom stereocenters. The van der Waals surface area contributed by atoms with Gasteiger partial charge in [0, 0.05) is 0 Å². The van der Waals surface area contributed by atoms with Crippen molar-refractivity contribution in [1.29, 1.82) is 0 Å². The van der Waals surface area contributed by atoms with Crippen molar-refractivity contribution in [3.8, 4) is 5.69 Å². The summed E-state index contributed by atoms with van der Waals surface area (Å²) in [4.78, 5) is 16.7. The Hall–Kier alpha value is -2.40. The van der Waals surface area contributed by atoms with Crippen molar-refractivity contribution in [2.24, 2.45) is 0 Å². The van der Waals surface area contributed by atoms with Crippen molar-refractivity contribution >= 4 is 28.6 Å². The Balaban J connectivity index is 2.28. The molecule has 1 aromatic carbocycles. The molecule has 27 heavy (non-hydrogen) atoms. The summed E-state index contributed by atoms with van der Waals surface area (Å²) in [6, 6.07) is 9.73. The van der Waals surface area contributed by atoms with Gasteiger partial charge >= 0.3 is 5.97 Å². The minimum absolute atomic E-state index is 0.162. The van der Waals surface area contributed by atoms with Crippen LogP contribution in [0.4, 0.5) is 0 Å². The number of aromatic nitrogens is 3. The monoisotopic (exact) mass is 385 g/mol. The maximum absolute atomic E-state index is 12.2. The number of carbonyl (C=O) groups is 1. The van der Waals surface area contributed by atoms with E-state index in [1.54, 1.807) is 17.7 Å². The van der Waals surface area contributed by atoms with Crippen LogP contribution < -0.4 is 0 Å². The van der Waals surface area contributed by atoms with Gasteiger partial charge < -0.3 is 4.74 Å². The van der Waals surface area contributed by atoms with Crippen LogP contribution in [0.5, 0.6) is 0 Å². The lowest BCUT2D eigenvalue weighted by atomic mass is 10.0. The van der Waals surface area contributed by atoms with Gasteiger partial charge in [0.25, 0.3) is 0 Å². The van der Waals surface area contributed by atoms with Gasteiger partial charge in [-0.2, -0.15) is 5.10 Å². The fraction of sp³-hybridized carbons (Fsp3) is 0.381. The lowest BCUT2D eigenvalue weighted by Crippen LogP contribution is -2.08. The first-order chi connectivity index (χ1) is 12.8. The summed E-state index contributed by atoms with van der Waals surface area (Å²) in [7, 11) is 0. The smallest absolute Gasteiger partial charge is 0.357 e. The van der Waals surface area contributed by atoms with E-state index in [0.717, 1.165) is 16.8 Å². The van der Waals surface area contributed by atoms with Crippen LogP contribution >= 0.6 is 11.6 Å². The van der Waals surface area contributed by atoms with Gasteiger partial charge in [-0.3, -0.25) is 0 Å². The zero-order valence-electron chi connectivity index (χ0n) is 16.3. The van der Waals surface area contributed by atoms with E-state index in [4.69, 9.17) is 21.4 Å². The summed E-state index contributed by atoms with van der Waals surface area (Å²) in [6.45, 7) is 10.5. The highest BCUT2D eigenvalue weighted by atomic mass is 35.5. The van der Waals surface area contributed by atoms with E-state index in [0.29, 0.717) is 16.6 Å². The second kappa shape index (κ2) is 7.69. The van der Waals surface area contributed by atoms with Crippen LogP contribution in [0.1, 0.15) is 68.2 Å². The highest BCUT2D eigenvalue weighted by Crippen LogP contribution is 2.33. The van der Waals surface area contributed by atoms with Crippen LogP contribution in [0.15, 0.2) is 30.3 Å². The van der Waals surface area contributed by atoms with Gasteiger partial charge in [-0.1, -0.05) is 51.4 Å². The van der Waals surface area contributed by atoms with Crippen molar-refractivity contribution in [2.45, 2.75) is 46.5 Å². The molecule has 0 aliphatic heterocycles. The predicted molar refractivity (Wildman–Crippen MR) is 108 cm³/mol. The number of benzene rings is 1. The van der Waals surface area contributed by atoms with E-state index in [-0.39, 0.29) is 18.2 Å². The van der Waals surface area contributed by atoms with Crippen LogP contribution in [-0.2, 0) is 4.74 Å². The normalized spacial score (nSPS) is 11.6. The molecule has 0 radical (unpaired) electrons. The number of ether oxygens (including phenoxy) is 1. The van der Waals surface area contributed by atoms with Crippen molar-refractivity contribution in [3.05, 3.63) is 52.3 Å². The summed E-state index contributed by atoms with van der Waals surface area (Å²) in [5.74, 6) is 0.0637. The van der Waals surface area contributed by atoms with Gasteiger partial charge in [-0.15, -0.1) is 0 Å². The number of nitrogens with zero attached hydrogens (tertiary/aromatic N) is 3. The van der Waals surface area contributed by atoms with Crippen LogP contribution in [0.25, 0.3) is 16.7 Å². The Labute approximate surface area is 164 Å². The maximum atomic E-state index is 12.2. The standard InChI is InChI=1S/C21H24ClN3O2/c1-6-27-21(26)17-11-16(22)18-19(13(4)5)24-25(20(18)23-17)15-9-7-8-14(10-15)12(2)3/h7-13H,6H2,1-5H3. The highest BCUT2D eigenvalue weighted by Gasteiger charge is 2.22. The third kappa shape index (κ3) is 3.69. The van der Waals surface area contributed by atoms with Crippen LogP contribution in [0.2, 0.25) is 5.02 Å². The zero-order valence-corrected chi connectivity index (χ0v) is 17.0. The van der Waals surface area contributed by atoms with Crippen LogP contribution in [0, 0.1) is 0 Å². The van der Waals surface area contributed by atoms with Crippen LogP contribution in [0.3, 0.4) is 0 Å². The molecule has 0 spiro atoms. The number of rotatable bonds is 5. The molecule has 3 rings (SSSR count). The van der Waals surface area contributed by atoms with E-state index in [1.807, 2.05) is 12.1 Å². The molecule has 0 N–H and O–H groups in total. The minimum atomic E-state index is -0.490. The number of hydrogen-bond donors (Lipinski definition) is 0. The minimum Gasteiger partial charge on any atom is -0.461 e. The molecule has 2 aromatic heterocycles. The van der Waals surface area contributed by atoms with Gasteiger partial charge in [0.2, 0.25) is 0 Å². The first-order valence-corrected chi connectivity index (χ1v) is 9.57. The molecule has 0 saturated heterocycles. The number of halogens is 1. The molecule has 2 heterocycles. The molecule has 3 aromatic rings. The highest BCUT2D eigenvalue weighted by molar-refractivity contribution is 6.35. The largest absolute Gasteiger partial charge is 0.461 e. The van der Waals surface area contributed by atoms with Gasteiger partial charge in [0.05, 0.1) is 28.4 Å². The summed E-state index contributed by atoms with van der Waals surface area (Å²) < 4.78 is 6.86. The molecule has 0 aliphatic carbocycles. The molecular weight excluding hydrogens is 362 g/mol. The summed E-state index contributed by atoms with van der Waals surface area (Å²) in [6.07, 6.45) is 0. The Bertz CT molecular complexity index is 993. The Kier molecular flexibility index (Phi) is 5.51. The van der Waals surface area contributed by atoms with Crippen molar-refractivity contribution < 1.29 is 9.53 Å². The quantitative estimate of drug-likeness (QED) is 0.544. The lowest BCUT2D eigenvalue weighted by Gasteiger charge is -2.09. The average molecular weight is 386 g/mol. The number of esters is 1. The SMILES string of the molecule is CCOC(=O)c1cc(Cl)c2c(C(C)C)nn(-c3cccc(C(C)C)c3)c2n1. The molecule has 142 valence electrons. The Morgan fingerprint density at radius 1 is 1.19 bits per heavy atom. The second-order valence-electron chi connectivity index (χ2n) is 7.11. The Morgan fingerprint density at radius 2 is 1.93 bits per heavy atom. The third-order valence-corrected chi connectivity index (χ3v) is 4.73. The Morgan fingerprint density at radius 3 is 2.56 bits per heavy atom. The van der Waals surface area contributed by atoms with Crippen LogP contribution in [-0.4, -0.2) is 27.3 Å². The topological polar surface area (TPSA) is 57.0 Å². The summed E-state index contributed by atoms with van der Waals surface area (Å²) >= 11 is 6.54. The first kappa shape index (κ1) is 19.4. The zero-order chi connectivity index (χ0) is 19.7. The molecule has 0 amide bonds. The van der Waals surface area contributed by atoms with Gasteiger partial charge in [-0.05, 0) is 42.5 Å². The number of carbonyl (C=O) groups excluding carboxylic acids is 1. The van der Waals surface area contributed by atoms with E-state index in [2.05, 4.69) is 44.8 Å². The molecule has 0 bridgehead atoms. The van der Waals surface area contributed by atoms with E-state index in [9.17, 15) is 4.79 Å². The number of pyridine rings is 1. The van der Waals surface area contributed by atoms with E-state index >= 15 is 0 Å². The third-order valence-electron chi connectivity index (χ3n) is 4.43. The van der Waals surface area contributed by atoms with Gasteiger partial charge in [0.15, 0.2) is 11.3 Å². The molecule has 5 nitrogen and oxygen atoms in total. The molecule has 0 fully saturated rings. The molecule has 0 atom stereocenters. The fourth-order valence-corrected chi connectivity index (χ4v) is 3.29. The second-order valence-corrected chi connectivity index (χ2v) is 7.52. The number of hydrogen-bond acceptors (Lipinski definition) is 4. The molecule has 0 aliphatic rings. The summed E-state index contributed by atoms with van der Waals surface area (Å²) in [5, 5.41) is 6.01. The van der Waals surface area contributed by atoms with E-state index in [1.165, 1.54) is 5.56 Å². The lowest BCUT2D eigenvalue weighted by molar-refractivity contribution is 0.0520. The summed E-state index contributed by atoms with van der Waals surface area (Å²) in [5.41, 5.74) is 3.70. The number of fused-ring (bicyclic) bond motifs is 1. The molecule has 6 heteroatoms. The molecule has 0 saturated carbocycles. The molecular formula is C21H24ClN3O2. The first-order valence-electron chi connectivity index (χ1n) is 9.20. The van der Waals surface area contributed by atoms with Crippen molar-refractivity contribution in [1.82, 2.24) is 14.8 Å².